The highest BCUT2D eigenvalue weighted by molar-refractivity contribution is 6.18. The first kappa shape index (κ1) is 18.4. The van der Waals surface area contributed by atoms with E-state index in [9.17, 15) is 14.4 Å². The van der Waals surface area contributed by atoms with Gasteiger partial charge in [-0.25, -0.2) is 0 Å². The minimum absolute atomic E-state index is 0.138. The first-order chi connectivity index (χ1) is 10.4. The first-order valence-electron chi connectivity index (χ1n) is 8.20. The molecule has 5 nitrogen and oxygen atoms in total. The summed E-state index contributed by atoms with van der Waals surface area (Å²) in [5.41, 5.74) is 1.15. The van der Waals surface area contributed by atoms with Gasteiger partial charge in [0.25, 0.3) is 11.8 Å². The number of amides is 2. The van der Waals surface area contributed by atoms with Crippen LogP contribution >= 0.6 is 0 Å². The van der Waals surface area contributed by atoms with Crippen LogP contribution in [-0.4, -0.2) is 34.3 Å². The molecule has 0 unspecified atom stereocenters. The highest BCUT2D eigenvalue weighted by atomic mass is 16.4. The summed E-state index contributed by atoms with van der Waals surface area (Å²) in [5.74, 6) is -0.993. The van der Waals surface area contributed by atoms with Crippen LogP contribution in [0.4, 0.5) is 0 Å². The molecule has 0 saturated carbocycles. The van der Waals surface area contributed by atoms with Crippen molar-refractivity contribution in [3.63, 3.8) is 0 Å². The normalized spacial score (nSPS) is 15.1. The fourth-order valence-electron chi connectivity index (χ4n) is 2.63. The molecular weight excluding hydrogens is 282 g/mol. The molecule has 0 atom stereocenters. The summed E-state index contributed by atoms with van der Waals surface area (Å²) in [6.45, 7) is 3.94. The molecule has 0 aromatic carbocycles. The highest BCUT2D eigenvalue weighted by Gasteiger charge is 2.32. The van der Waals surface area contributed by atoms with E-state index in [-0.39, 0.29) is 18.2 Å². The second-order valence-corrected chi connectivity index (χ2v) is 5.98. The zero-order valence-electron chi connectivity index (χ0n) is 13.7. The molecule has 0 fully saturated rings. The van der Waals surface area contributed by atoms with Crippen LogP contribution in [-0.2, 0) is 14.4 Å². The van der Waals surface area contributed by atoms with Crippen molar-refractivity contribution < 1.29 is 19.5 Å². The van der Waals surface area contributed by atoms with Gasteiger partial charge in [0, 0.05) is 24.1 Å². The Morgan fingerprint density at radius 2 is 1.23 bits per heavy atom. The number of carboxylic acid groups (broad SMARTS) is 1. The Hall–Kier alpha value is -1.65. The average molecular weight is 309 g/mol. The Morgan fingerprint density at radius 3 is 1.68 bits per heavy atom. The molecule has 0 aliphatic carbocycles. The number of aliphatic carboxylic acids is 1. The van der Waals surface area contributed by atoms with E-state index in [1.54, 1.807) is 13.8 Å². The van der Waals surface area contributed by atoms with Crippen LogP contribution in [0.3, 0.4) is 0 Å². The van der Waals surface area contributed by atoms with E-state index in [2.05, 4.69) is 0 Å². The number of hydrogen-bond acceptors (Lipinski definition) is 3. The number of nitrogens with zero attached hydrogens (tertiary/aromatic N) is 1. The van der Waals surface area contributed by atoms with Crippen LogP contribution in [0.2, 0.25) is 0 Å². The predicted octanol–water partition coefficient (Wildman–Crippen LogP) is 3.29. The van der Waals surface area contributed by atoms with Gasteiger partial charge in [0.2, 0.25) is 0 Å². The third-order valence-corrected chi connectivity index (χ3v) is 4.22. The second kappa shape index (κ2) is 9.38. The fraction of sp³-hybridized carbons (Fsp3) is 0.706. The smallest absolute Gasteiger partial charge is 0.303 e. The number of carboxylic acids is 1. The van der Waals surface area contributed by atoms with Crippen molar-refractivity contribution in [1.29, 1.82) is 0 Å². The van der Waals surface area contributed by atoms with Crippen LogP contribution in [0.1, 0.15) is 71.6 Å². The summed E-state index contributed by atoms with van der Waals surface area (Å²) in [7, 11) is 0. The first-order valence-corrected chi connectivity index (χ1v) is 8.20. The molecule has 2 amide bonds. The number of carbonyl (C=O) groups excluding carboxylic acids is 2. The molecule has 0 spiro atoms. The lowest BCUT2D eigenvalue weighted by molar-refractivity contribution is -0.138. The lowest BCUT2D eigenvalue weighted by Crippen LogP contribution is -2.32. The second-order valence-electron chi connectivity index (χ2n) is 5.98. The zero-order chi connectivity index (χ0) is 16.5. The maximum Gasteiger partial charge on any atom is 0.303 e. The number of carbonyl (C=O) groups is 3. The van der Waals surface area contributed by atoms with E-state index >= 15 is 0 Å². The highest BCUT2D eigenvalue weighted by Crippen LogP contribution is 2.20. The monoisotopic (exact) mass is 309 g/mol. The molecule has 5 heteroatoms. The molecule has 0 aromatic rings. The Balaban J connectivity index is 2.00. The van der Waals surface area contributed by atoms with E-state index in [0.29, 0.717) is 17.7 Å². The molecule has 22 heavy (non-hydrogen) atoms. The predicted molar refractivity (Wildman–Crippen MR) is 84.3 cm³/mol. The van der Waals surface area contributed by atoms with Gasteiger partial charge < -0.3 is 5.11 Å². The van der Waals surface area contributed by atoms with Crippen molar-refractivity contribution in [3.8, 4) is 0 Å². The summed E-state index contributed by atoms with van der Waals surface area (Å²) >= 11 is 0. The van der Waals surface area contributed by atoms with E-state index in [1.165, 1.54) is 4.90 Å². The van der Waals surface area contributed by atoms with Gasteiger partial charge in [0.1, 0.15) is 0 Å². The molecule has 0 bridgehead atoms. The van der Waals surface area contributed by atoms with Gasteiger partial charge in [-0.15, -0.1) is 0 Å². The van der Waals surface area contributed by atoms with E-state index < -0.39 is 5.97 Å². The molecule has 1 aliphatic heterocycles. The van der Waals surface area contributed by atoms with Crippen molar-refractivity contribution in [3.05, 3.63) is 11.1 Å². The molecule has 0 saturated heterocycles. The zero-order valence-corrected chi connectivity index (χ0v) is 13.7. The van der Waals surface area contributed by atoms with Crippen molar-refractivity contribution >= 4 is 17.8 Å². The number of imide groups is 1. The molecule has 0 aromatic heterocycles. The molecule has 1 heterocycles. The van der Waals surface area contributed by atoms with Gasteiger partial charge in [-0.05, 0) is 26.7 Å². The van der Waals surface area contributed by atoms with E-state index in [4.69, 9.17) is 5.11 Å². The Labute approximate surface area is 132 Å². The quantitative estimate of drug-likeness (QED) is 0.469. The van der Waals surface area contributed by atoms with Gasteiger partial charge in [-0.3, -0.25) is 19.3 Å². The van der Waals surface area contributed by atoms with Gasteiger partial charge in [0.15, 0.2) is 0 Å². The molecule has 1 rings (SSSR count). The summed E-state index contributed by atoms with van der Waals surface area (Å²) in [4.78, 5) is 35.4. The molecule has 1 N–H and O–H groups in total. The van der Waals surface area contributed by atoms with Gasteiger partial charge in [0.05, 0.1) is 0 Å². The van der Waals surface area contributed by atoms with Crippen LogP contribution in [0, 0.1) is 0 Å². The standard InChI is InChI=1S/C17H27NO4/c1-13-14(2)17(22)18(16(13)21)12-10-8-6-4-3-5-7-9-11-15(19)20/h3-12H2,1-2H3,(H,19,20). The number of rotatable bonds is 11. The van der Waals surface area contributed by atoms with Crippen LogP contribution in [0.5, 0.6) is 0 Å². The third-order valence-electron chi connectivity index (χ3n) is 4.22. The maximum atomic E-state index is 11.8. The Kier molecular flexibility index (Phi) is 7.85. The topological polar surface area (TPSA) is 74.7 Å². The minimum atomic E-state index is -0.717. The summed E-state index contributed by atoms with van der Waals surface area (Å²) in [6.07, 6.45) is 8.32. The Bertz CT molecular complexity index is 430. The summed E-state index contributed by atoms with van der Waals surface area (Å²) in [5, 5.41) is 8.52. The third kappa shape index (κ3) is 5.62. The molecule has 0 radical (unpaired) electrons. The van der Waals surface area contributed by atoms with Crippen molar-refractivity contribution in [2.45, 2.75) is 71.6 Å². The SMILES string of the molecule is CC1=C(C)C(=O)N(CCCCCCCCCCC(=O)O)C1=O. The molecule has 1 aliphatic rings. The van der Waals surface area contributed by atoms with Crippen molar-refractivity contribution in [1.82, 2.24) is 4.90 Å². The molecular formula is C17H27NO4. The lowest BCUT2D eigenvalue weighted by atomic mass is 10.1. The van der Waals surface area contributed by atoms with Crippen LogP contribution in [0.25, 0.3) is 0 Å². The van der Waals surface area contributed by atoms with Crippen molar-refractivity contribution in [2.24, 2.45) is 0 Å². The van der Waals surface area contributed by atoms with Crippen LogP contribution < -0.4 is 0 Å². The van der Waals surface area contributed by atoms with Gasteiger partial charge in [-0.1, -0.05) is 38.5 Å². The van der Waals surface area contributed by atoms with Gasteiger partial charge >= 0.3 is 5.97 Å². The number of unbranched alkanes of at least 4 members (excludes halogenated alkanes) is 7. The van der Waals surface area contributed by atoms with E-state index in [1.807, 2.05) is 0 Å². The largest absolute Gasteiger partial charge is 0.481 e. The fourth-order valence-corrected chi connectivity index (χ4v) is 2.63. The number of hydrogen-bond donors (Lipinski definition) is 1. The Morgan fingerprint density at radius 1 is 0.818 bits per heavy atom. The maximum absolute atomic E-state index is 11.8. The minimum Gasteiger partial charge on any atom is -0.481 e. The van der Waals surface area contributed by atoms with Crippen LogP contribution in [0.15, 0.2) is 11.1 Å². The average Bonchev–Trinajstić information content (AvgIpc) is 2.66. The van der Waals surface area contributed by atoms with E-state index in [0.717, 1.165) is 51.4 Å². The molecule has 124 valence electrons. The summed E-state index contributed by atoms with van der Waals surface area (Å²) in [6, 6.07) is 0. The van der Waals surface area contributed by atoms with Crippen molar-refractivity contribution in [2.75, 3.05) is 6.54 Å². The lowest BCUT2D eigenvalue weighted by Gasteiger charge is -2.14. The summed E-state index contributed by atoms with van der Waals surface area (Å²) < 4.78 is 0. The van der Waals surface area contributed by atoms with Gasteiger partial charge in [-0.2, -0.15) is 0 Å².